The average Bonchev–Trinajstić information content (AvgIpc) is 2.66. The summed E-state index contributed by atoms with van der Waals surface area (Å²) in [7, 11) is 0. The lowest BCUT2D eigenvalue weighted by Crippen LogP contribution is -1.86. The Hall–Kier alpha value is -0.520. The van der Waals surface area contributed by atoms with E-state index in [0.717, 1.165) is 9.54 Å². The second kappa shape index (κ2) is 5.89. The van der Waals surface area contributed by atoms with Crippen LogP contribution in [-0.4, -0.2) is 10.2 Å². The van der Waals surface area contributed by atoms with Gasteiger partial charge in [0.1, 0.15) is 5.75 Å². The fourth-order valence-corrected chi connectivity index (χ4v) is 3.12. The summed E-state index contributed by atoms with van der Waals surface area (Å²) >= 11 is 6.67. The van der Waals surface area contributed by atoms with E-state index in [-0.39, 0.29) is 0 Å². The Morgan fingerprint density at radius 3 is 2.53 bits per heavy atom. The van der Waals surface area contributed by atoms with Gasteiger partial charge in [0.05, 0.1) is 9.98 Å². The number of benzene rings is 1. The first kappa shape index (κ1) is 12.9. The highest BCUT2D eigenvalue weighted by molar-refractivity contribution is 9.11. The number of hydrogen-bond donors (Lipinski definition) is 0. The van der Waals surface area contributed by atoms with Crippen LogP contribution in [0.2, 0.25) is 0 Å². The van der Waals surface area contributed by atoms with Gasteiger partial charge in [-0.3, -0.25) is 0 Å². The topological polar surface area (TPSA) is 22.1 Å². The molecule has 2 rings (SSSR count). The molecule has 1 aromatic carbocycles. The Morgan fingerprint density at radius 2 is 2.00 bits per heavy atom. The lowest BCUT2D eigenvalue weighted by Gasteiger charge is -2.06. The van der Waals surface area contributed by atoms with Crippen molar-refractivity contribution in [2.45, 2.75) is 24.0 Å². The largest absolute Gasteiger partial charge is 0.431 e. The Balaban J connectivity index is 2.03. The Labute approximate surface area is 118 Å². The molecule has 0 amide bonds. The first-order valence-corrected chi connectivity index (χ1v) is 7.68. The molecule has 0 spiro atoms. The zero-order chi connectivity index (χ0) is 12.3. The van der Waals surface area contributed by atoms with Gasteiger partial charge in [0.2, 0.25) is 0 Å². The first-order valence-electron chi connectivity index (χ1n) is 5.19. The van der Waals surface area contributed by atoms with Crippen molar-refractivity contribution in [3.63, 3.8) is 0 Å². The summed E-state index contributed by atoms with van der Waals surface area (Å²) in [5, 5.41) is 1.25. The van der Waals surface area contributed by atoms with E-state index in [1.165, 1.54) is 16.2 Å². The molecule has 0 atom stereocenters. The standard InChI is InChI=1S/C12H12BrNOS2/c1-8(2)16-10-5-3-9(4-6-10)15-12-14-7-11(13)17-12/h3-8H,1-2H3. The SMILES string of the molecule is CC(C)Sc1ccc(Oc2ncc(Br)s2)cc1. The second-order valence-electron chi connectivity index (χ2n) is 3.67. The van der Waals surface area contributed by atoms with E-state index in [4.69, 9.17) is 4.74 Å². The number of hydrogen-bond acceptors (Lipinski definition) is 4. The highest BCUT2D eigenvalue weighted by atomic mass is 79.9. The number of thiazole rings is 1. The molecule has 0 aliphatic carbocycles. The van der Waals surface area contributed by atoms with E-state index in [9.17, 15) is 0 Å². The molecular formula is C12H12BrNOS2. The fraction of sp³-hybridized carbons (Fsp3) is 0.250. The van der Waals surface area contributed by atoms with Crippen molar-refractivity contribution in [2.24, 2.45) is 0 Å². The maximum absolute atomic E-state index is 5.63. The van der Waals surface area contributed by atoms with Crippen molar-refractivity contribution in [2.75, 3.05) is 0 Å². The molecule has 1 aromatic heterocycles. The number of aromatic nitrogens is 1. The average molecular weight is 330 g/mol. The van der Waals surface area contributed by atoms with Crippen molar-refractivity contribution in [3.05, 3.63) is 34.2 Å². The van der Waals surface area contributed by atoms with Gasteiger partial charge in [-0.2, -0.15) is 0 Å². The van der Waals surface area contributed by atoms with E-state index in [2.05, 4.69) is 46.9 Å². The molecule has 1 heterocycles. The molecule has 2 nitrogen and oxygen atoms in total. The Kier molecular flexibility index (Phi) is 4.48. The van der Waals surface area contributed by atoms with E-state index in [1.54, 1.807) is 6.20 Å². The molecule has 2 aromatic rings. The van der Waals surface area contributed by atoms with Gasteiger partial charge < -0.3 is 4.74 Å². The van der Waals surface area contributed by atoms with Crippen LogP contribution in [0.25, 0.3) is 0 Å². The second-order valence-corrected chi connectivity index (χ2v) is 7.69. The fourth-order valence-electron chi connectivity index (χ4n) is 1.25. The molecule has 0 fully saturated rings. The minimum Gasteiger partial charge on any atom is -0.431 e. The van der Waals surface area contributed by atoms with Gasteiger partial charge in [-0.1, -0.05) is 25.2 Å². The van der Waals surface area contributed by atoms with Gasteiger partial charge in [-0.15, -0.1) is 11.8 Å². The molecule has 17 heavy (non-hydrogen) atoms. The Morgan fingerprint density at radius 1 is 1.29 bits per heavy atom. The predicted molar refractivity (Wildman–Crippen MR) is 77.3 cm³/mol. The number of ether oxygens (including phenoxy) is 1. The summed E-state index contributed by atoms with van der Waals surface area (Å²) in [6.45, 7) is 4.37. The van der Waals surface area contributed by atoms with Crippen LogP contribution in [0, 0.1) is 0 Å². The minimum atomic E-state index is 0.594. The van der Waals surface area contributed by atoms with Crippen LogP contribution in [0.3, 0.4) is 0 Å². The van der Waals surface area contributed by atoms with E-state index in [1.807, 2.05) is 23.9 Å². The summed E-state index contributed by atoms with van der Waals surface area (Å²) in [6, 6.07) is 8.09. The third kappa shape index (κ3) is 4.01. The van der Waals surface area contributed by atoms with Crippen LogP contribution in [0.15, 0.2) is 39.1 Å². The van der Waals surface area contributed by atoms with Crippen LogP contribution >= 0.6 is 39.0 Å². The molecule has 0 unspecified atom stereocenters. The molecule has 0 aliphatic rings. The predicted octanol–water partition coefficient (Wildman–Crippen LogP) is 5.20. The maximum atomic E-state index is 5.63. The molecule has 0 bridgehead atoms. The third-order valence-electron chi connectivity index (χ3n) is 1.86. The third-order valence-corrected chi connectivity index (χ3v) is 4.23. The van der Waals surface area contributed by atoms with E-state index in [0.29, 0.717) is 10.4 Å². The normalized spacial score (nSPS) is 10.8. The molecule has 0 saturated heterocycles. The highest BCUT2D eigenvalue weighted by Crippen LogP contribution is 2.31. The van der Waals surface area contributed by atoms with E-state index < -0.39 is 0 Å². The zero-order valence-corrected chi connectivity index (χ0v) is 12.7. The van der Waals surface area contributed by atoms with Crippen LogP contribution in [0.4, 0.5) is 0 Å². The first-order chi connectivity index (χ1) is 8.13. The monoisotopic (exact) mass is 329 g/mol. The number of rotatable bonds is 4. The molecule has 5 heteroatoms. The molecular weight excluding hydrogens is 318 g/mol. The maximum Gasteiger partial charge on any atom is 0.279 e. The van der Waals surface area contributed by atoms with Crippen molar-refractivity contribution < 1.29 is 4.74 Å². The molecule has 0 aliphatic heterocycles. The Bertz CT molecular complexity index is 482. The number of nitrogens with zero attached hydrogens (tertiary/aromatic N) is 1. The van der Waals surface area contributed by atoms with Gasteiger partial charge in [0.15, 0.2) is 0 Å². The zero-order valence-electron chi connectivity index (χ0n) is 9.51. The van der Waals surface area contributed by atoms with Crippen LogP contribution in [0.1, 0.15) is 13.8 Å². The summed E-state index contributed by atoms with van der Waals surface area (Å²) in [5.41, 5.74) is 0. The summed E-state index contributed by atoms with van der Waals surface area (Å²) in [6.07, 6.45) is 1.74. The molecule has 90 valence electrons. The number of thioether (sulfide) groups is 1. The molecule has 0 saturated carbocycles. The summed E-state index contributed by atoms with van der Waals surface area (Å²) in [5.74, 6) is 0.819. The van der Waals surface area contributed by atoms with Crippen LogP contribution in [0.5, 0.6) is 10.9 Å². The highest BCUT2D eigenvalue weighted by Gasteiger charge is 2.03. The molecule has 0 radical (unpaired) electrons. The van der Waals surface area contributed by atoms with Crippen molar-refractivity contribution in [3.8, 4) is 10.9 Å². The summed E-state index contributed by atoms with van der Waals surface area (Å²) < 4.78 is 6.60. The number of halogens is 1. The van der Waals surface area contributed by atoms with Crippen LogP contribution < -0.4 is 4.74 Å². The van der Waals surface area contributed by atoms with Crippen LogP contribution in [-0.2, 0) is 0 Å². The van der Waals surface area contributed by atoms with Gasteiger partial charge in [-0.05, 0) is 40.2 Å². The van der Waals surface area contributed by atoms with Gasteiger partial charge in [0.25, 0.3) is 5.19 Å². The lowest BCUT2D eigenvalue weighted by molar-refractivity contribution is 0.478. The van der Waals surface area contributed by atoms with E-state index >= 15 is 0 Å². The smallest absolute Gasteiger partial charge is 0.279 e. The van der Waals surface area contributed by atoms with Gasteiger partial charge in [0, 0.05) is 10.1 Å². The quantitative estimate of drug-likeness (QED) is 0.720. The van der Waals surface area contributed by atoms with Crippen molar-refractivity contribution in [1.82, 2.24) is 4.98 Å². The van der Waals surface area contributed by atoms with Crippen molar-refractivity contribution >= 4 is 39.0 Å². The lowest BCUT2D eigenvalue weighted by atomic mass is 10.3. The molecule has 0 N–H and O–H groups in total. The van der Waals surface area contributed by atoms with Gasteiger partial charge >= 0.3 is 0 Å². The van der Waals surface area contributed by atoms with Crippen molar-refractivity contribution in [1.29, 1.82) is 0 Å². The minimum absolute atomic E-state index is 0.594. The summed E-state index contributed by atoms with van der Waals surface area (Å²) in [4.78, 5) is 5.38. The van der Waals surface area contributed by atoms with Gasteiger partial charge in [-0.25, -0.2) is 4.98 Å².